The monoisotopic (exact) mass is 220 g/mol. The summed E-state index contributed by atoms with van der Waals surface area (Å²) >= 11 is 0. The van der Waals surface area contributed by atoms with E-state index in [1.54, 1.807) is 0 Å². The summed E-state index contributed by atoms with van der Waals surface area (Å²) in [6, 6.07) is -0.662. The molecule has 0 unspecified atom stereocenters. The molecular formula is C7H12N2O6. The number of nitroso groups, excluding NO2 is 1. The lowest BCUT2D eigenvalue weighted by Gasteiger charge is -2.29. The van der Waals surface area contributed by atoms with Gasteiger partial charge in [-0.2, -0.15) is 4.91 Å². The van der Waals surface area contributed by atoms with Crippen LogP contribution in [0.4, 0.5) is 0 Å². The van der Waals surface area contributed by atoms with E-state index in [1.165, 1.54) is 0 Å². The molecule has 0 radical (unpaired) electrons. The van der Waals surface area contributed by atoms with Gasteiger partial charge in [0.05, 0.1) is 23.5 Å². The van der Waals surface area contributed by atoms with Crippen molar-refractivity contribution in [3.05, 3.63) is 4.91 Å². The molecule has 86 valence electrons. The van der Waals surface area contributed by atoms with Crippen molar-refractivity contribution in [3.63, 3.8) is 0 Å². The van der Waals surface area contributed by atoms with E-state index < -0.39 is 29.4 Å². The maximum atomic E-state index is 10.7. The van der Waals surface area contributed by atoms with Gasteiger partial charge in [0.15, 0.2) is 0 Å². The van der Waals surface area contributed by atoms with Gasteiger partial charge >= 0.3 is 5.97 Å². The molecule has 0 heterocycles. The highest BCUT2D eigenvalue weighted by molar-refractivity contribution is 5.70. The fraction of sp³-hybridized carbons (Fsp3) is 0.857. The van der Waals surface area contributed by atoms with Crippen LogP contribution < -0.4 is 0 Å². The minimum Gasteiger partial charge on any atom is -0.481 e. The fourth-order valence-electron chi connectivity index (χ4n) is 1.74. The van der Waals surface area contributed by atoms with Crippen molar-refractivity contribution in [3.8, 4) is 0 Å². The van der Waals surface area contributed by atoms with E-state index in [0.29, 0.717) is 0 Å². The Kier molecular flexibility index (Phi) is 4.09. The maximum Gasteiger partial charge on any atom is 0.306 e. The second-order valence-electron chi connectivity index (χ2n) is 3.48. The third-order valence-corrected chi connectivity index (χ3v) is 2.38. The first-order valence-electron chi connectivity index (χ1n) is 4.42. The molecule has 1 aliphatic carbocycles. The van der Waals surface area contributed by atoms with Crippen LogP contribution in [0.2, 0.25) is 0 Å². The molecule has 3 atom stereocenters. The third kappa shape index (κ3) is 3.51. The van der Waals surface area contributed by atoms with Crippen molar-refractivity contribution >= 4 is 5.97 Å². The first-order chi connectivity index (χ1) is 7.02. The van der Waals surface area contributed by atoms with Crippen LogP contribution in [0.25, 0.3) is 0 Å². The highest BCUT2D eigenvalue weighted by atomic mass is 17.1. The van der Waals surface area contributed by atoms with Gasteiger partial charge in [0, 0.05) is 6.42 Å². The summed E-state index contributed by atoms with van der Waals surface area (Å²) in [5.41, 5.74) is 0. The molecule has 0 bridgehead atoms. The lowest BCUT2D eigenvalue weighted by atomic mass is 9.84. The number of rotatable bonds is 4. The molecule has 8 nitrogen and oxygen atoms in total. The predicted molar refractivity (Wildman–Crippen MR) is 44.8 cm³/mol. The molecule has 0 aromatic rings. The molecule has 1 aliphatic rings. The quantitative estimate of drug-likeness (QED) is 0.462. The number of aliphatic carboxylic acids is 1. The van der Waals surface area contributed by atoms with E-state index in [0.717, 1.165) is 0 Å². The van der Waals surface area contributed by atoms with Crippen LogP contribution in [0.15, 0.2) is 5.18 Å². The highest BCUT2D eigenvalue weighted by Crippen LogP contribution is 2.28. The second-order valence-corrected chi connectivity index (χ2v) is 3.48. The van der Waals surface area contributed by atoms with Crippen molar-refractivity contribution in [2.75, 3.05) is 0 Å². The Balaban J connectivity index is 2.58. The Bertz CT molecular complexity index is 246. The van der Waals surface area contributed by atoms with Gasteiger partial charge < -0.3 is 5.11 Å². The number of carbonyl (C=O) groups is 1. The van der Waals surface area contributed by atoms with E-state index in [4.69, 9.17) is 15.5 Å². The van der Waals surface area contributed by atoms with Crippen molar-refractivity contribution in [1.29, 1.82) is 0 Å². The van der Waals surface area contributed by atoms with Crippen molar-refractivity contribution in [1.82, 2.24) is 5.39 Å². The smallest absolute Gasteiger partial charge is 0.306 e. The average molecular weight is 220 g/mol. The lowest BCUT2D eigenvalue weighted by molar-refractivity contribution is -0.506. The second kappa shape index (κ2) is 5.12. The topological polar surface area (TPSA) is 120 Å². The number of hydrogen-bond donors (Lipinski definition) is 3. The molecule has 0 aliphatic heterocycles. The normalized spacial score (nSPS) is 31.5. The molecule has 15 heavy (non-hydrogen) atoms. The van der Waals surface area contributed by atoms with Gasteiger partial charge in [0.2, 0.25) is 0 Å². The van der Waals surface area contributed by atoms with Crippen LogP contribution in [0.1, 0.15) is 19.3 Å². The van der Waals surface area contributed by atoms with Crippen LogP contribution in [0.5, 0.6) is 0 Å². The van der Waals surface area contributed by atoms with Crippen molar-refractivity contribution in [2.45, 2.75) is 31.4 Å². The predicted octanol–water partition coefficient (Wildman–Crippen LogP) is 0.387. The van der Waals surface area contributed by atoms with Gasteiger partial charge in [-0.3, -0.25) is 15.2 Å². The standard InChI is InChI=1S/C7H12N2O6/c10-7(11)4-1-5(8-12)3-6(2-4)15-9(13)14/h4-6,13-14H,1-3H2,(H,10,11)/t4-,5+,6-/m1/s1. The number of hydrogen-bond acceptors (Lipinski definition) is 7. The largest absolute Gasteiger partial charge is 0.481 e. The Morgan fingerprint density at radius 1 is 1.33 bits per heavy atom. The SMILES string of the molecule is O=N[C@@H]1C[C@H](ON(O)O)C[C@H](C(=O)O)C1. The molecule has 0 aromatic carbocycles. The van der Waals surface area contributed by atoms with Gasteiger partial charge in [-0.05, 0) is 12.8 Å². The summed E-state index contributed by atoms with van der Waals surface area (Å²) in [5, 5.41) is 27.9. The first-order valence-corrected chi connectivity index (χ1v) is 4.42. The van der Waals surface area contributed by atoms with Gasteiger partial charge in [-0.15, -0.1) is 0 Å². The Morgan fingerprint density at radius 3 is 2.47 bits per heavy atom. The average Bonchev–Trinajstić information content (AvgIpc) is 2.16. The zero-order valence-electron chi connectivity index (χ0n) is 7.81. The van der Waals surface area contributed by atoms with Gasteiger partial charge in [-0.25, -0.2) is 4.84 Å². The summed E-state index contributed by atoms with van der Waals surface area (Å²) in [6.45, 7) is 0. The summed E-state index contributed by atoms with van der Waals surface area (Å²) in [7, 11) is 0. The Labute approximate surface area is 84.9 Å². The summed E-state index contributed by atoms with van der Waals surface area (Å²) in [5.74, 6) is -1.79. The van der Waals surface area contributed by atoms with Crippen LogP contribution in [-0.4, -0.2) is 39.0 Å². The molecule has 1 saturated carbocycles. The lowest BCUT2D eigenvalue weighted by Crippen LogP contribution is -2.37. The highest BCUT2D eigenvalue weighted by Gasteiger charge is 2.35. The maximum absolute atomic E-state index is 10.7. The molecule has 8 heteroatoms. The molecule has 1 rings (SSSR count). The number of nitrogens with zero attached hydrogens (tertiary/aromatic N) is 2. The number of carboxylic acids is 1. The zero-order valence-corrected chi connectivity index (χ0v) is 7.81. The molecule has 3 N–H and O–H groups in total. The molecular weight excluding hydrogens is 208 g/mol. The van der Waals surface area contributed by atoms with E-state index in [2.05, 4.69) is 10.0 Å². The molecule has 0 aromatic heterocycles. The molecule has 1 fully saturated rings. The summed E-state index contributed by atoms with van der Waals surface area (Å²) in [6.07, 6.45) is -0.253. The van der Waals surface area contributed by atoms with E-state index >= 15 is 0 Å². The minimum absolute atomic E-state index is 0.124. The summed E-state index contributed by atoms with van der Waals surface area (Å²) in [4.78, 5) is 25.5. The third-order valence-electron chi connectivity index (χ3n) is 2.38. The van der Waals surface area contributed by atoms with E-state index in [1.807, 2.05) is 0 Å². The molecule has 0 amide bonds. The zero-order chi connectivity index (χ0) is 11.4. The van der Waals surface area contributed by atoms with E-state index in [-0.39, 0.29) is 19.3 Å². The van der Waals surface area contributed by atoms with Crippen LogP contribution >= 0.6 is 0 Å². The molecule has 0 spiro atoms. The summed E-state index contributed by atoms with van der Waals surface area (Å²) < 4.78 is 0. The van der Waals surface area contributed by atoms with Gasteiger partial charge in [0.1, 0.15) is 0 Å². The van der Waals surface area contributed by atoms with Crippen molar-refractivity contribution in [2.24, 2.45) is 11.1 Å². The van der Waals surface area contributed by atoms with Gasteiger partial charge in [-0.1, -0.05) is 5.18 Å². The van der Waals surface area contributed by atoms with Crippen LogP contribution in [0.3, 0.4) is 0 Å². The van der Waals surface area contributed by atoms with Crippen LogP contribution in [0, 0.1) is 10.8 Å². The minimum atomic E-state index is -1.04. The van der Waals surface area contributed by atoms with Gasteiger partial charge in [0.25, 0.3) is 0 Å². The Hall–Kier alpha value is -1.09. The fourth-order valence-corrected chi connectivity index (χ4v) is 1.74. The first kappa shape index (κ1) is 12.0. The Morgan fingerprint density at radius 2 is 2.00 bits per heavy atom. The number of carboxylic acid groups (broad SMARTS) is 1. The van der Waals surface area contributed by atoms with Crippen molar-refractivity contribution < 1.29 is 25.2 Å². The van der Waals surface area contributed by atoms with Crippen LogP contribution in [-0.2, 0) is 9.63 Å². The van der Waals surface area contributed by atoms with E-state index in [9.17, 15) is 9.70 Å². The molecule has 0 saturated heterocycles.